The zero-order valence-corrected chi connectivity index (χ0v) is 13.7. The lowest BCUT2D eigenvalue weighted by Gasteiger charge is -2.18. The molecule has 2 aromatic rings. The average Bonchev–Trinajstić information content (AvgIpc) is 2.49. The van der Waals surface area contributed by atoms with Crippen molar-refractivity contribution in [1.29, 1.82) is 0 Å². The van der Waals surface area contributed by atoms with Gasteiger partial charge in [-0.15, -0.1) is 0 Å². The maximum absolute atomic E-state index is 13.9. The number of aromatic nitrogens is 1. The minimum absolute atomic E-state index is 0.142. The Bertz CT molecular complexity index is 560. The third-order valence-corrected chi connectivity index (χ3v) is 4.00. The van der Waals surface area contributed by atoms with Crippen LogP contribution < -0.4 is 5.32 Å². The summed E-state index contributed by atoms with van der Waals surface area (Å²) in [6, 6.07) is 9.62. The van der Waals surface area contributed by atoms with Gasteiger partial charge < -0.3 is 5.32 Å². The van der Waals surface area contributed by atoms with Gasteiger partial charge in [0.05, 0.1) is 0 Å². The van der Waals surface area contributed by atoms with Crippen LogP contribution in [0, 0.1) is 5.82 Å². The molecule has 2 rings (SSSR count). The summed E-state index contributed by atoms with van der Waals surface area (Å²) in [6.07, 6.45) is 6.28. The Morgan fingerprint density at radius 1 is 1.24 bits per heavy atom. The van der Waals surface area contributed by atoms with Gasteiger partial charge in [0, 0.05) is 22.9 Å². The van der Waals surface area contributed by atoms with E-state index in [0.717, 1.165) is 29.4 Å². The molecule has 0 bridgehead atoms. The third kappa shape index (κ3) is 5.21. The van der Waals surface area contributed by atoms with Crippen molar-refractivity contribution in [3.63, 3.8) is 0 Å². The Balaban J connectivity index is 1.98. The quantitative estimate of drug-likeness (QED) is 0.811. The fourth-order valence-electron chi connectivity index (χ4n) is 2.41. The maximum Gasteiger partial charge on any atom is 0.127 e. The first-order valence-corrected chi connectivity index (χ1v) is 8.04. The minimum Gasteiger partial charge on any atom is -0.314 e. The highest BCUT2D eigenvalue weighted by molar-refractivity contribution is 9.10. The van der Waals surface area contributed by atoms with E-state index in [9.17, 15) is 4.39 Å². The molecule has 0 aliphatic carbocycles. The van der Waals surface area contributed by atoms with E-state index in [4.69, 9.17) is 0 Å². The van der Waals surface area contributed by atoms with Crippen molar-refractivity contribution in [3.8, 4) is 0 Å². The van der Waals surface area contributed by atoms with Gasteiger partial charge in [-0.3, -0.25) is 4.98 Å². The lowest BCUT2D eigenvalue weighted by Crippen LogP contribution is -2.31. The molecule has 0 amide bonds. The molecule has 1 heterocycles. The molecule has 1 aromatic heterocycles. The summed E-state index contributed by atoms with van der Waals surface area (Å²) in [6.45, 7) is 2.97. The number of aryl methyl sites for hydroxylation is 1. The molecule has 1 atom stereocenters. The molecular formula is C17H20BrFN2. The number of hydrogen-bond acceptors (Lipinski definition) is 2. The molecular weight excluding hydrogens is 331 g/mol. The van der Waals surface area contributed by atoms with Crippen LogP contribution in [0.3, 0.4) is 0 Å². The van der Waals surface area contributed by atoms with Gasteiger partial charge in [-0.1, -0.05) is 28.9 Å². The van der Waals surface area contributed by atoms with Crippen LogP contribution in [0.25, 0.3) is 0 Å². The third-order valence-electron chi connectivity index (χ3n) is 3.51. The van der Waals surface area contributed by atoms with Crippen molar-refractivity contribution in [2.75, 3.05) is 6.54 Å². The van der Waals surface area contributed by atoms with Gasteiger partial charge in [-0.2, -0.15) is 0 Å². The topological polar surface area (TPSA) is 24.9 Å². The summed E-state index contributed by atoms with van der Waals surface area (Å²) >= 11 is 3.29. The highest BCUT2D eigenvalue weighted by Crippen LogP contribution is 2.18. The van der Waals surface area contributed by atoms with Gasteiger partial charge in [0.2, 0.25) is 0 Å². The largest absolute Gasteiger partial charge is 0.314 e. The van der Waals surface area contributed by atoms with Crippen LogP contribution in [0.5, 0.6) is 0 Å². The van der Waals surface area contributed by atoms with Gasteiger partial charge >= 0.3 is 0 Å². The predicted molar refractivity (Wildman–Crippen MR) is 87.8 cm³/mol. The number of pyridine rings is 1. The van der Waals surface area contributed by atoms with E-state index in [1.165, 1.54) is 11.6 Å². The van der Waals surface area contributed by atoms with E-state index in [-0.39, 0.29) is 11.9 Å². The summed E-state index contributed by atoms with van der Waals surface area (Å²) in [5.41, 5.74) is 2.03. The number of hydrogen-bond donors (Lipinski definition) is 1. The highest BCUT2D eigenvalue weighted by atomic mass is 79.9. The van der Waals surface area contributed by atoms with Crippen molar-refractivity contribution in [2.45, 2.75) is 32.2 Å². The Hall–Kier alpha value is -1.26. The zero-order chi connectivity index (χ0) is 15.1. The molecule has 0 radical (unpaired) electrons. The van der Waals surface area contributed by atoms with Crippen LogP contribution in [0.15, 0.2) is 47.2 Å². The second-order valence-electron chi connectivity index (χ2n) is 5.09. The molecule has 1 aromatic carbocycles. The Kier molecular flexibility index (Phi) is 6.33. The van der Waals surface area contributed by atoms with Crippen LogP contribution in [0.2, 0.25) is 0 Å². The van der Waals surface area contributed by atoms with E-state index in [1.54, 1.807) is 0 Å². The Morgan fingerprint density at radius 3 is 2.67 bits per heavy atom. The van der Waals surface area contributed by atoms with Gasteiger partial charge in [0.1, 0.15) is 5.82 Å². The van der Waals surface area contributed by atoms with Crippen LogP contribution in [-0.2, 0) is 12.8 Å². The lowest BCUT2D eigenvalue weighted by molar-refractivity contribution is 0.479. The molecule has 0 saturated heterocycles. The normalized spacial score (nSPS) is 12.3. The van der Waals surface area contributed by atoms with Crippen LogP contribution >= 0.6 is 15.9 Å². The first-order chi connectivity index (χ1) is 10.2. The number of benzene rings is 1. The van der Waals surface area contributed by atoms with E-state index in [1.807, 2.05) is 36.7 Å². The van der Waals surface area contributed by atoms with Crippen LogP contribution in [0.1, 0.15) is 24.5 Å². The summed E-state index contributed by atoms with van der Waals surface area (Å²) in [5, 5.41) is 3.45. The fourth-order valence-corrected chi connectivity index (χ4v) is 2.74. The average molecular weight is 351 g/mol. The van der Waals surface area contributed by atoms with E-state index >= 15 is 0 Å². The monoisotopic (exact) mass is 350 g/mol. The first-order valence-electron chi connectivity index (χ1n) is 7.25. The summed E-state index contributed by atoms with van der Waals surface area (Å²) in [7, 11) is 0. The van der Waals surface area contributed by atoms with Crippen molar-refractivity contribution >= 4 is 15.9 Å². The molecule has 1 unspecified atom stereocenters. The van der Waals surface area contributed by atoms with Gasteiger partial charge in [-0.25, -0.2) is 4.39 Å². The standard InChI is InChI=1S/C17H20BrFN2/c1-2-21-16(6-3-13-7-9-20-10-8-13)11-14-4-5-15(18)12-17(14)19/h4-5,7-10,12,16,21H,2-3,6,11H2,1H3. The smallest absolute Gasteiger partial charge is 0.127 e. The SMILES string of the molecule is CCNC(CCc1ccncc1)Cc1ccc(Br)cc1F. The second kappa shape index (κ2) is 8.25. The van der Waals surface area contributed by atoms with E-state index in [2.05, 4.69) is 33.2 Å². The molecule has 2 nitrogen and oxygen atoms in total. The molecule has 0 saturated carbocycles. The molecule has 1 N–H and O–H groups in total. The number of nitrogens with one attached hydrogen (secondary N) is 1. The molecule has 21 heavy (non-hydrogen) atoms. The lowest BCUT2D eigenvalue weighted by atomic mass is 9.99. The Labute approximate surface area is 133 Å². The first kappa shape index (κ1) is 16.1. The van der Waals surface area contributed by atoms with E-state index < -0.39 is 0 Å². The molecule has 0 spiro atoms. The van der Waals surface area contributed by atoms with Crippen LogP contribution in [-0.4, -0.2) is 17.6 Å². The minimum atomic E-state index is -0.142. The zero-order valence-electron chi connectivity index (χ0n) is 12.2. The molecule has 0 fully saturated rings. The number of nitrogens with zero attached hydrogens (tertiary/aromatic N) is 1. The highest BCUT2D eigenvalue weighted by Gasteiger charge is 2.12. The number of halogens is 2. The van der Waals surface area contributed by atoms with Crippen LogP contribution in [0.4, 0.5) is 4.39 Å². The Morgan fingerprint density at radius 2 is 2.00 bits per heavy atom. The molecule has 0 aliphatic heterocycles. The van der Waals surface area contributed by atoms with Gasteiger partial charge in [0.15, 0.2) is 0 Å². The summed E-state index contributed by atoms with van der Waals surface area (Å²) in [4.78, 5) is 4.03. The van der Waals surface area contributed by atoms with Crippen molar-refractivity contribution in [1.82, 2.24) is 10.3 Å². The van der Waals surface area contributed by atoms with Crippen molar-refractivity contribution in [3.05, 3.63) is 64.1 Å². The van der Waals surface area contributed by atoms with Gasteiger partial charge in [0.25, 0.3) is 0 Å². The van der Waals surface area contributed by atoms with Crippen molar-refractivity contribution in [2.24, 2.45) is 0 Å². The van der Waals surface area contributed by atoms with Crippen molar-refractivity contribution < 1.29 is 4.39 Å². The maximum atomic E-state index is 13.9. The summed E-state index contributed by atoms with van der Waals surface area (Å²) < 4.78 is 14.7. The summed E-state index contributed by atoms with van der Waals surface area (Å²) in [5.74, 6) is -0.142. The molecule has 112 valence electrons. The number of rotatable bonds is 7. The predicted octanol–water partition coefficient (Wildman–Crippen LogP) is 4.14. The fraction of sp³-hybridized carbons (Fsp3) is 0.353. The molecule has 4 heteroatoms. The van der Waals surface area contributed by atoms with E-state index in [0.29, 0.717) is 6.42 Å². The second-order valence-corrected chi connectivity index (χ2v) is 6.00. The number of likely N-dealkylation sites (N-methyl/N-ethyl adjacent to an activating group) is 1. The van der Waals surface area contributed by atoms with Gasteiger partial charge in [-0.05, 0) is 61.2 Å². The molecule has 0 aliphatic rings.